The Labute approximate surface area is 188 Å². The van der Waals surface area contributed by atoms with E-state index in [-0.39, 0.29) is 11.8 Å². The Morgan fingerprint density at radius 3 is 2.58 bits per heavy atom. The molecule has 2 heterocycles. The molecule has 1 saturated heterocycles. The summed E-state index contributed by atoms with van der Waals surface area (Å²) in [5, 5.41) is 3.77. The second-order valence-electron chi connectivity index (χ2n) is 8.30. The first-order chi connectivity index (χ1) is 15.1. The molecule has 1 saturated carbocycles. The Bertz CT molecular complexity index is 884. The van der Waals surface area contributed by atoms with Crippen LogP contribution < -0.4 is 15.0 Å². The number of carbonyl (C=O) groups excluding carboxylic acids is 1. The van der Waals surface area contributed by atoms with Crippen molar-refractivity contribution >= 4 is 38.3 Å². The normalized spacial score (nSPS) is 22.1. The molecule has 31 heavy (non-hydrogen) atoms. The monoisotopic (exact) mass is 446 g/mol. The summed E-state index contributed by atoms with van der Waals surface area (Å²) in [6, 6.07) is 4.67. The van der Waals surface area contributed by atoms with Crippen LogP contribution in [0.1, 0.15) is 39.5 Å². The van der Waals surface area contributed by atoms with E-state index in [1.54, 1.807) is 7.11 Å². The van der Waals surface area contributed by atoms with Crippen molar-refractivity contribution < 1.29 is 14.3 Å². The Balaban J connectivity index is 1.48. The number of ether oxygens (including phenoxy) is 2. The number of hydrogen-bond donors (Lipinski definition) is 1. The molecule has 0 unspecified atom stereocenters. The highest BCUT2D eigenvalue weighted by Gasteiger charge is 2.29. The highest BCUT2D eigenvalue weighted by Crippen LogP contribution is 2.40. The van der Waals surface area contributed by atoms with Crippen LogP contribution in [0.3, 0.4) is 0 Å². The van der Waals surface area contributed by atoms with Crippen molar-refractivity contribution in [3.8, 4) is 5.75 Å². The van der Waals surface area contributed by atoms with E-state index in [1.165, 1.54) is 11.3 Å². The highest BCUT2D eigenvalue weighted by molar-refractivity contribution is 7.23. The molecule has 0 atom stereocenters. The Kier molecular flexibility index (Phi) is 7.30. The van der Waals surface area contributed by atoms with E-state index in [0.29, 0.717) is 11.2 Å². The third-order valence-electron chi connectivity index (χ3n) is 6.68. The van der Waals surface area contributed by atoms with Crippen molar-refractivity contribution in [2.45, 2.75) is 45.6 Å². The summed E-state index contributed by atoms with van der Waals surface area (Å²) >= 11 is 1.54. The smallest absolute Gasteiger partial charge is 0.229 e. The molecule has 4 rings (SSSR count). The van der Waals surface area contributed by atoms with Gasteiger partial charge in [0.1, 0.15) is 11.3 Å². The zero-order valence-corrected chi connectivity index (χ0v) is 19.7. The van der Waals surface area contributed by atoms with E-state index in [4.69, 9.17) is 14.5 Å². The fourth-order valence-electron chi connectivity index (χ4n) is 4.89. The summed E-state index contributed by atoms with van der Waals surface area (Å²) in [6.07, 6.45) is 4.07. The maximum atomic E-state index is 13.0. The number of amides is 1. The molecule has 1 aromatic heterocycles. The number of fused-ring (bicyclic) bond motifs is 1. The fraction of sp³-hybridized carbons (Fsp3) is 0.652. The zero-order chi connectivity index (χ0) is 21.8. The maximum absolute atomic E-state index is 13.0. The molecule has 0 radical (unpaired) electrons. The number of anilines is 2. The third-order valence-corrected chi connectivity index (χ3v) is 7.68. The molecule has 1 aliphatic heterocycles. The number of methoxy groups -OCH3 is 1. The number of thiazole rings is 1. The molecule has 0 bridgehead atoms. The molecule has 2 aliphatic rings. The molecule has 1 aromatic carbocycles. The van der Waals surface area contributed by atoms with Crippen LogP contribution in [-0.4, -0.2) is 68.3 Å². The van der Waals surface area contributed by atoms with Crippen LogP contribution in [0.25, 0.3) is 10.2 Å². The van der Waals surface area contributed by atoms with Gasteiger partial charge in [0, 0.05) is 25.0 Å². The Hall–Kier alpha value is -1.90. The van der Waals surface area contributed by atoms with Gasteiger partial charge in [-0.2, -0.15) is 0 Å². The largest absolute Gasteiger partial charge is 0.494 e. The molecule has 0 spiro atoms. The van der Waals surface area contributed by atoms with Crippen LogP contribution in [0.15, 0.2) is 12.1 Å². The number of carbonyl (C=O) groups is 1. The van der Waals surface area contributed by atoms with Crippen LogP contribution in [0, 0.1) is 5.92 Å². The van der Waals surface area contributed by atoms with Gasteiger partial charge in [-0.3, -0.25) is 4.79 Å². The van der Waals surface area contributed by atoms with Crippen molar-refractivity contribution in [3.05, 3.63) is 12.1 Å². The van der Waals surface area contributed by atoms with E-state index in [0.717, 1.165) is 86.7 Å². The second-order valence-corrected chi connectivity index (χ2v) is 9.30. The highest BCUT2D eigenvalue weighted by atomic mass is 32.1. The number of rotatable bonds is 7. The van der Waals surface area contributed by atoms with Gasteiger partial charge in [-0.25, -0.2) is 4.98 Å². The number of aromatic nitrogens is 1. The predicted octanol–water partition coefficient (Wildman–Crippen LogP) is 3.98. The fourth-order valence-corrected chi connectivity index (χ4v) is 5.92. The first-order valence-corrected chi connectivity index (χ1v) is 12.3. The first kappa shape index (κ1) is 22.3. The van der Waals surface area contributed by atoms with Gasteiger partial charge in [-0.15, -0.1) is 0 Å². The van der Waals surface area contributed by atoms with E-state index in [9.17, 15) is 4.79 Å². The minimum atomic E-state index is 0.0689. The number of morpholine rings is 1. The zero-order valence-electron chi connectivity index (χ0n) is 18.9. The minimum Gasteiger partial charge on any atom is -0.494 e. The number of benzene rings is 1. The van der Waals surface area contributed by atoms with Crippen molar-refractivity contribution in [2.75, 3.05) is 56.7 Å². The molecular weight excluding hydrogens is 412 g/mol. The van der Waals surface area contributed by atoms with Gasteiger partial charge in [-0.05, 0) is 50.9 Å². The van der Waals surface area contributed by atoms with Crippen molar-refractivity contribution in [1.29, 1.82) is 0 Å². The second kappa shape index (κ2) is 10.1. The van der Waals surface area contributed by atoms with E-state index < -0.39 is 0 Å². The Morgan fingerprint density at radius 2 is 1.94 bits per heavy atom. The number of hydrogen-bond acceptors (Lipinski definition) is 7. The lowest BCUT2D eigenvalue weighted by Gasteiger charge is -2.35. The summed E-state index contributed by atoms with van der Waals surface area (Å²) < 4.78 is 12.1. The molecule has 2 fully saturated rings. The van der Waals surface area contributed by atoms with Gasteiger partial charge in [0.05, 0.1) is 30.7 Å². The molecule has 1 aliphatic carbocycles. The van der Waals surface area contributed by atoms with E-state index in [2.05, 4.69) is 35.0 Å². The summed E-state index contributed by atoms with van der Waals surface area (Å²) in [5.74, 6) is 0.909. The van der Waals surface area contributed by atoms with Crippen molar-refractivity contribution in [3.63, 3.8) is 0 Å². The van der Waals surface area contributed by atoms with Gasteiger partial charge < -0.3 is 24.6 Å². The van der Waals surface area contributed by atoms with Crippen LogP contribution >= 0.6 is 11.3 Å². The lowest BCUT2D eigenvalue weighted by Crippen LogP contribution is -2.39. The van der Waals surface area contributed by atoms with Gasteiger partial charge in [-0.1, -0.05) is 25.2 Å². The topological polar surface area (TPSA) is 66.9 Å². The SMILES string of the molecule is CCN(CC)C1CCC(C(=O)Nc2nc3c(OC)ccc(N4CCOCC4)c3s2)CC1. The van der Waals surface area contributed by atoms with Gasteiger partial charge in [0.25, 0.3) is 0 Å². The van der Waals surface area contributed by atoms with Crippen LogP contribution in [0.5, 0.6) is 5.75 Å². The first-order valence-electron chi connectivity index (χ1n) is 11.5. The average Bonchev–Trinajstić information content (AvgIpc) is 3.23. The van der Waals surface area contributed by atoms with Gasteiger partial charge in [0.15, 0.2) is 5.13 Å². The van der Waals surface area contributed by atoms with Crippen LogP contribution in [0.4, 0.5) is 10.8 Å². The summed E-state index contributed by atoms with van der Waals surface area (Å²) in [4.78, 5) is 22.6. The van der Waals surface area contributed by atoms with Crippen molar-refractivity contribution in [1.82, 2.24) is 9.88 Å². The van der Waals surface area contributed by atoms with Crippen molar-refractivity contribution in [2.24, 2.45) is 5.92 Å². The van der Waals surface area contributed by atoms with E-state index in [1.807, 2.05) is 6.07 Å². The van der Waals surface area contributed by atoms with Gasteiger partial charge >= 0.3 is 0 Å². The summed E-state index contributed by atoms with van der Waals surface area (Å²) in [7, 11) is 1.66. The quantitative estimate of drug-likeness (QED) is 0.694. The molecule has 8 heteroatoms. The summed E-state index contributed by atoms with van der Waals surface area (Å²) in [5.41, 5.74) is 1.95. The molecule has 7 nitrogen and oxygen atoms in total. The van der Waals surface area contributed by atoms with Gasteiger partial charge in [0.2, 0.25) is 5.91 Å². The molecular formula is C23H34N4O3S. The number of nitrogens with one attached hydrogen (secondary N) is 1. The number of nitrogens with zero attached hydrogens (tertiary/aromatic N) is 3. The lowest BCUT2D eigenvalue weighted by molar-refractivity contribution is -0.121. The maximum Gasteiger partial charge on any atom is 0.229 e. The summed E-state index contributed by atoms with van der Waals surface area (Å²) in [6.45, 7) is 9.77. The molecule has 1 N–H and O–H groups in total. The predicted molar refractivity (Wildman–Crippen MR) is 127 cm³/mol. The van der Waals surface area contributed by atoms with E-state index >= 15 is 0 Å². The molecule has 2 aromatic rings. The Morgan fingerprint density at radius 1 is 1.23 bits per heavy atom. The average molecular weight is 447 g/mol. The molecule has 1 amide bonds. The standard InChI is InChI=1S/C23H34N4O3S/c1-4-26(5-2)17-8-6-16(7-9-17)22(28)25-23-24-20-19(29-3)11-10-18(21(20)31-23)27-12-14-30-15-13-27/h10-11,16-17H,4-9,12-15H2,1-3H3,(H,24,25,28). The minimum absolute atomic E-state index is 0.0689. The molecule has 170 valence electrons. The lowest BCUT2D eigenvalue weighted by atomic mass is 9.84. The van der Waals surface area contributed by atoms with Crippen LogP contribution in [-0.2, 0) is 9.53 Å². The van der Waals surface area contributed by atoms with Crippen LogP contribution in [0.2, 0.25) is 0 Å². The third kappa shape index (κ3) is 4.81.